The van der Waals surface area contributed by atoms with Crippen LogP contribution in [0.25, 0.3) is 11.0 Å². The molecule has 27 heavy (non-hydrogen) atoms. The van der Waals surface area contributed by atoms with E-state index in [1.165, 1.54) is 0 Å². The van der Waals surface area contributed by atoms with Crippen molar-refractivity contribution in [3.8, 4) is 0 Å². The fraction of sp³-hybridized carbons (Fsp3) is 0.524. The highest BCUT2D eigenvalue weighted by Gasteiger charge is 2.31. The number of hydrogen-bond acceptors (Lipinski definition) is 4. The molecule has 1 fully saturated rings. The molecule has 148 valence electrons. The molecular weight excluding hydrogens is 344 g/mol. The molecule has 6 nitrogen and oxygen atoms in total. The van der Waals surface area contributed by atoms with E-state index in [0.717, 1.165) is 5.39 Å². The van der Waals surface area contributed by atoms with Crippen molar-refractivity contribution in [2.45, 2.75) is 59.6 Å². The zero-order valence-corrected chi connectivity index (χ0v) is 17.1. The van der Waals surface area contributed by atoms with Gasteiger partial charge in [-0.2, -0.15) is 0 Å². The minimum Gasteiger partial charge on any atom is -0.461 e. The first-order chi connectivity index (χ1) is 12.7. The first-order valence-corrected chi connectivity index (χ1v) is 9.51. The number of ether oxygens (including phenoxy) is 1. The number of carbonyl (C=O) groups excluding carboxylic acids is 2. The molecule has 1 N–H and O–H groups in total. The third-order valence-electron chi connectivity index (χ3n) is 4.17. The smallest absolute Gasteiger partial charge is 0.410 e. The van der Waals surface area contributed by atoms with Gasteiger partial charge in [0.15, 0.2) is 0 Å². The molecule has 2 aromatic rings. The van der Waals surface area contributed by atoms with Crippen LogP contribution in [0.3, 0.4) is 0 Å². The molecule has 6 heteroatoms. The lowest BCUT2D eigenvalue weighted by atomic mass is 10.1. The van der Waals surface area contributed by atoms with Crippen LogP contribution in [-0.4, -0.2) is 41.6 Å². The number of fused-ring (bicyclic) bond motifs is 1. The van der Waals surface area contributed by atoms with Crippen LogP contribution in [0.4, 0.5) is 4.79 Å². The van der Waals surface area contributed by atoms with Crippen molar-refractivity contribution in [1.82, 2.24) is 10.2 Å². The van der Waals surface area contributed by atoms with Crippen LogP contribution in [0.15, 0.2) is 28.7 Å². The van der Waals surface area contributed by atoms with Gasteiger partial charge in [-0.05, 0) is 40.2 Å². The standard InChI is InChI=1S/C19H24N2O4.C2H6/c1-12-16(14-7-5-6-8-15(14)24-12)17(22)20-13-9-10-21(11-13)18(23)25-19(2,3)4;1-2/h5-8,13H,9-11H2,1-4H3,(H,20,22);1-2H3. The molecule has 0 saturated carbocycles. The van der Waals surface area contributed by atoms with E-state index >= 15 is 0 Å². The second-order valence-corrected chi connectivity index (χ2v) is 7.41. The van der Waals surface area contributed by atoms with Gasteiger partial charge in [0.25, 0.3) is 5.91 Å². The molecule has 2 amide bonds. The van der Waals surface area contributed by atoms with Crippen LogP contribution >= 0.6 is 0 Å². The first kappa shape index (κ1) is 20.8. The van der Waals surface area contributed by atoms with E-state index in [0.29, 0.717) is 36.4 Å². The molecule has 1 saturated heterocycles. The molecule has 2 heterocycles. The van der Waals surface area contributed by atoms with Gasteiger partial charge in [-0.15, -0.1) is 0 Å². The SMILES string of the molecule is CC.Cc1oc2ccccc2c1C(=O)NC1CCN(C(=O)OC(C)(C)C)C1. The average Bonchev–Trinajstić information content (AvgIpc) is 3.18. The number of likely N-dealkylation sites (tertiary alicyclic amines) is 1. The van der Waals surface area contributed by atoms with Gasteiger partial charge in [-0.25, -0.2) is 4.79 Å². The summed E-state index contributed by atoms with van der Waals surface area (Å²) in [5, 5.41) is 3.82. The van der Waals surface area contributed by atoms with Gasteiger partial charge in [-0.3, -0.25) is 4.79 Å². The van der Waals surface area contributed by atoms with E-state index in [4.69, 9.17) is 9.15 Å². The summed E-state index contributed by atoms with van der Waals surface area (Å²) in [5.74, 6) is 0.430. The maximum absolute atomic E-state index is 12.7. The van der Waals surface area contributed by atoms with Crippen molar-refractivity contribution in [3.05, 3.63) is 35.6 Å². The molecule has 0 aliphatic carbocycles. The fourth-order valence-corrected chi connectivity index (χ4v) is 3.08. The molecule has 1 unspecified atom stereocenters. The number of amides is 2. The van der Waals surface area contributed by atoms with E-state index in [-0.39, 0.29) is 18.0 Å². The Hall–Kier alpha value is -2.50. The Morgan fingerprint density at radius 3 is 2.56 bits per heavy atom. The molecule has 1 aromatic carbocycles. The van der Waals surface area contributed by atoms with Crippen LogP contribution in [0, 0.1) is 6.92 Å². The van der Waals surface area contributed by atoms with E-state index in [1.54, 1.807) is 11.8 Å². The zero-order chi connectivity index (χ0) is 20.2. The van der Waals surface area contributed by atoms with Gasteiger partial charge in [0.2, 0.25) is 0 Å². The average molecular weight is 374 g/mol. The summed E-state index contributed by atoms with van der Waals surface area (Å²) in [4.78, 5) is 26.5. The molecule has 1 aliphatic heterocycles. The number of para-hydroxylation sites is 1. The quantitative estimate of drug-likeness (QED) is 0.840. The molecule has 1 atom stereocenters. The lowest BCUT2D eigenvalue weighted by Crippen LogP contribution is -2.40. The Morgan fingerprint density at radius 1 is 1.22 bits per heavy atom. The summed E-state index contributed by atoms with van der Waals surface area (Å²) >= 11 is 0. The number of aryl methyl sites for hydroxylation is 1. The topological polar surface area (TPSA) is 71.8 Å². The second kappa shape index (κ2) is 8.46. The molecule has 1 aromatic heterocycles. The van der Waals surface area contributed by atoms with Gasteiger partial charge in [0, 0.05) is 24.5 Å². The van der Waals surface area contributed by atoms with Crippen molar-refractivity contribution < 1.29 is 18.7 Å². The Kier molecular flexibility index (Phi) is 6.52. The minimum absolute atomic E-state index is 0.0897. The van der Waals surface area contributed by atoms with Crippen molar-refractivity contribution in [2.24, 2.45) is 0 Å². The first-order valence-electron chi connectivity index (χ1n) is 9.51. The van der Waals surface area contributed by atoms with Gasteiger partial charge < -0.3 is 19.4 Å². The van der Waals surface area contributed by atoms with Crippen LogP contribution in [0.2, 0.25) is 0 Å². The van der Waals surface area contributed by atoms with Crippen molar-refractivity contribution >= 4 is 23.0 Å². The third-order valence-corrected chi connectivity index (χ3v) is 4.17. The third kappa shape index (κ3) is 5.02. The fourth-order valence-electron chi connectivity index (χ4n) is 3.08. The van der Waals surface area contributed by atoms with Gasteiger partial charge in [0.1, 0.15) is 16.9 Å². The molecule has 0 bridgehead atoms. The predicted octanol–water partition coefficient (Wildman–Crippen LogP) is 4.51. The summed E-state index contributed by atoms with van der Waals surface area (Å²) in [7, 11) is 0. The number of nitrogens with one attached hydrogen (secondary N) is 1. The molecular formula is C21H30N2O4. The molecule has 3 rings (SSSR count). The maximum Gasteiger partial charge on any atom is 0.410 e. The lowest BCUT2D eigenvalue weighted by Gasteiger charge is -2.24. The Balaban J connectivity index is 0.00000126. The number of rotatable bonds is 2. The maximum atomic E-state index is 12.7. The Bertz CT molecular complexity index is 804. The zero-order valence-electron chi connectivity index (χ0n) is 17.1. The Labute approximate surface area is 160 Å². The second-order valence-electron chi connectivity index (χ2n) is 7.41. The van der Waals surface area contributed by atoms with Crippen molar-refractivity contribution in [2.75, 3.05) is 13.1 Å². The number of hydrogen-bond donors (Lipinski definition) is 1. The summed E-state index contributed by atoms with van der Waals surface area (Å²) in [6.07, 6.45) is 0.369. The van der Waals surface area contributed by atoms with E-state index < -0.39 is 5.60 Å². The predicted molar refractivity (Wildman–Crippen MR) is 106 cm³/mol. The minimum atomic E-state index is -0.523. The summed E-state index contributed by atoms with van der Waals surface area (Å²) in [5.41, 5.74) is 0.740. The largest absolute Gasteiger partial charge is 0.461 e. The Morgan fingerprint density at radius 2 is 1.89 bits per heavy atom. The van der Waals surface area contributed by atoms with Crippen molar-refractivity contribution in [1.29, 1.82) is 0 Å². The van der Waals surface area contributed by atoms with Gasteiger partial charge in [0.05, 0.1) is 5.56 Å². The monoisotopic (exact) mass is 374 g/mol. The summed E-state index contributed by atoms with van der Waals surface area (Å²) in [6.45, 7) is 12.3. The number of carbonyl (C=O) groups is 2. The van der Waals surface area contributed by atoms with Crippen LogP contribution < -0.4 is 5.32 Å². The van der Waals surface area contributed by atoms with Gasteiger partial charge in [-0.1, -0.05) is 32.0 Å². The molecule has 0 radical (unpaired) electrons. The number of furan rings is 1. The van der Waals surface area contributed by atoms with E-state index in [1.807, 2.05) is 58.9 Å². The summed E-state index contributed by atoms with van der Waals surface area (Å²) < 4.78 is 11.0. The van der Waals surface area contributed by atoms with Crippen LogP contribution in [0.5, 0.6) is 0 Å². The lowest BCUT2D eigenvalue weighted by molar-refractivity contribution is 0.0290. The highest BCUT2D eigenvalue weighted by atomic mass is 16.6. The summed E-state index contributed by atoms with van der Waals surface area (Å²) in [6, 6.07) is 7.39. The van der Waals surface area contributed by atoms with E-state index in [9.17, 15) is 9.59 Å². The number of benzene rings is 1. The molecule has 1 aliphatic rings. The highest BCUT2D eigenvalue weighted by Crippen LogP contribution is 2.25. The van der Waals surface area contributed by atoms with Gasteiger partial charge >= 0.3 is 6.09 Å². The van der Waals surface area contributed by atoms with Crippen molar-refractivity contribution in [3.63, 3.8) is 0 Å². The highest BCUT2D eigenvalue weighted by molar-refractivity contribution is 6.07. The van der Waals surface area contributed by atoms with Crippen LogP contribution in [-0.2, 0) is 4.74 Å². The van der Waals surface area contributed by atoms with Crippen LogP contribution in [0.1, 0.15) is 57.2 Å². The number of nitrogens with zero attached hydrogens (tertiary/aromatic N) is 1. The normalized spacial score (nSPS) is 16.7. The van der Waals surface area contributed by atoms with E-state index in [2.05, 4.69) is 5.32 Å². The molecule has 0 spiro atoms.